The number of anilines is 3. The van der Waals surface area contributed by atoms with Gasteiger partial charge in [-0.25, -0.2) is 15.0 Å². The Morgan fingerprint density at radius 2 is 1.37 bits per heavy atom. The van der Waals surface area contributed by atoms with E-state index in [2.05, 4.69) is 38.5 Å². The molecule has 0 spiro atoms. The van der Waals surface area contributed by atoms with Gasteiger partial charge in [0.05, 0.1) is 13.2 Å². The van der Waals surface area contributed by atoms with Crippen LogP contribution in [0, 0.1) is 0 Å². The minimum Gasteiger partial charge on any atom is -0.378 e. The van der Waals surface area contributed by atoms with Gasteiger partial charge in [-0.05, 0) is 12.1 Å². The summed E-state index contributed by atoms with van der Waals surface area (Å²) in [5.74, 6) is 4.06. The first-order valence-electron chi connectivity index (χ1n) is 9.69. The van der Waals surface area contributed by atoms with Crippen molar-refractivity contribution in [3.8, 4) is 0 Å². The molecular weight excluding hydrogens is 342 g/mol. The van der Waals surface area contributed by atoms with E-state index in [1.165, 1.54) is 0 Å². The van der Waals surface area contributed by atoms with Gasteiger partial charge in [-0.15, -0.1) is 0 Å². The lowest BCUT2D eigenvalue weighted by molar-refractivity contribution is 0.122. The topological polar surface area (TPSA) is 70.5 Å². The van der Waals surface area contributed by atoms with Crippen molar-refractivity contribution in [3.05, 3.63) is 30.4 Å². The smallest absolute Gasteiger partial charge is 0.227 e. The van der Waals surface area contributed by atoms with Crippen molar-refractivity contribution in [2.24, 2.45) is 0 Å². The molecule has 8 heteroatoms. The number of ether oxygens (including phenoxy) is 1. The molecule has 2 aliphatic heterocycles. The number of aromatic nitrogens is 4. The minimum absolute atomic E-state index is 0.339. The van der Waals surface area contributed by atoms with E-state index in [1.54, 1.807) is 0 Å². The molecule has 0 N–H and O–H groups in total. The summed E-state index contributed by atoms with van der Waals surface area (Å²) in [6, 6.07) is 4.00. The number of hydrogen-bond acceptors (Lipinski definition) is 8. The summed E-state index contributed by atoms with van der Waals surface area (Å²) in [6.07, 6.45) is 3.72. The van der Waals surface area contributed by atoms with E-state index in [0.717, 1.165) is 75.9 Å². The standard InChI is InChI=1S/C19H27N7O/c1-15(2)18-20-5-3-16(22-18)24-7-9-25(10-8-24)17-4-6-21-19(23-17)26-11-13-27-14-12-26/h3-6,15H,7-14H2,1-2H3. The molecule has 27 heavy (non-hydrogen) atoms. The summed E-state index contributed by atoms with van der Waals surface area (Å²) in [7, 11) is 0. The Morgan fingerprint density at radius 3 is 2.00 bits per heavy atom. The average molecular weight is 369 g/mol. The molecule has 8 nitrogen and oxygen atoms in total. The number of piperazine rings is 1. The third-order valence-corrected chi connectivity index (χ3v) is 5.03. The molecule has 2 aliphatic rings. The maximum absolute atomic E-state index is 5.42. The molecule has 0 saturated carbocycles. The van der Waals surface area contributed by atoms with Crippen LogP contribution in [0.1, 0.15) is 25.6 Å². The van der Waals surface area contributed by atoms with Crippen LogP contribution in [0.15, 0.2) is 24.5 Å². The van der Waals surface area contributed by atoms with Crippen molar-refractivity contribution in [1.82, 2.24) is 19.9 Å². The molecule has 0 aliphatic carbocycles. The van der Waals surface area contributed by atoms with Crippen molar-refractivity contribution in [1.29, 1.82) is 0 Å². The fourth-order valence-corrected chi connectivity index (χ4v) is 3.41. The Labute approximate surface area is 160 Å². The van der Waals surface area contributed by atoms with E-state index in [0.29, 0.717) is 5.92 Å². The number of nitrogens with zero attached hydrogens (tertiary/aromatic N) is 7. The van der Waals surface area contributed by atoms with Gasteiger partial charge in [0, 0.05) is 57.6 Å². The lowest BCUT2D eigenvalue weighted by Crippen LogP contribution is -2.47. The lowest BCUT2D eigenvalue weighted by atomic mass is 10.2. The van der Waals surface area contributed by atoms with Crippen LogP contribution in [-0.2, 0) is 4.74 Å². The van der Waals surface area contributed by atoms with Gasteiger partial charge in [-0.1, -0.05) is 13.8 Å². The van der Waals surface area contributed by atoms with E-state index in [1.807, 2.05) is 24.5 Å². The first-order chi connectivity index (χ1) is 13.2. The highest BCUT2D eigenvalue weighted by molar-refractivity contribution is 5.47. The van der Waals surface area contributed by atoms with Crippen molar-refractivity contribution in [2.45, 2.75) is 19.8 Å². The van der Waals surface area contributed by atoms with Crippen molar-refractivity contribution in [2.75, 3.05) is 67.2 Å². The fraction of sp³-hybridized carbons (Fsp3) is 0.579. The van der Waals surface area contributed by atoms with Crippen LogP contribution < -0.4 is 14.7 Å². The molecule has 0 unspecified atom stereocenters. The van der Waals surface area contributed by atoms with Crippen LogP contribution >= 0.6 is 0 Å². The highest BCUT2D eigenvalue weighted by Gasteiger charge is 2.21. The minimum atomic E-state index is 0.339. The molecule has 0 amide bonds. The highest BCUT2D eigenvalue weighted by Crippen LogP contribution is 2.20. The summed E-state index contributed by atoms with van der Waals surface area (Å²) in [6.45, 7) is 11.1. The van der Waals surface area contributed by atoms with E-state index in [-0.39, 0.29) is 0 Å². The number of hydrogen-bond donors (Lipinski definition) is 0. The van der Waals surface area contributed by atoms with Crippen LogP contribution in [0.3, 0.4) is 0 Å². The summed E-state index contributed by atoms with van der Waals surface area (Å²) in [5, 5.41) is 0. The van der Waals surface area contributed by atoms with Gasteiger partial charge in [0.2, 0.25) is 5.95 Å². The van der Waals surface area contributed by atoms with Crippen LogP contribution in [0.25, 0.3) is 0 Å². The second-order valence-electron chi connectivity index (χ2n) is 7.22. The summed E-state index contributed by atoms with van der Waals surface area (Å²) < 4.78 is 5.42. The third kappa shape index (κ3) is 4.10. The van der Waals surface area contributed by atoms with Gasteiger partial charge in [-0.2, -0.15) is 4.98 Å². The fourth-order valence-electron chi connectivity index (χ4n) is 3.41. The monoisotopic (exact) mass is 369 g/mol. The van der Waals surface area contributed by atoms with Gasteiger partial charge in [0.15, 0.2) is 0 Å². The van der Waals surface area contributed by atoms with Crippen LogP contribution in [0.4, 0.5) is 17.6 Å². The average Bonchev–Trinajstić information content (AvgIpc) is 2.75. The van der Waals surface area contributed by atoms with Crippen LogP contribution in [0.2, 0.25) is 0 Å². The molecule has 0 bridgehead atoms. The molecule has 2 aromatic heterocycles. The molecule has 0 radical (unpaired) electrons. The Hall–Kier alpha value is -2.48. The van der Waals surface area contributed by atoms with Gasteiger partial charge in [-0.3, -0.25) is 0 Å². The predicted molar refractivity (Wildman–Crippen MR) is 106 cm³/mol. The summed E-state index contributed by atoms with van der Waals surface area (Å²) in [5.41, 5.74) is 0. The maximum atomic E-state index is 5.42. The number of rotatable bonds is 4. The molecule has 2 aromatic rings. The lowest BCUT2D eigenvalue weighted by Gasteiger charge is -2.36. The van der Waals surface area contributed by atoms with Gasteiger partial charge < -0.3 is 19.4 Å². The van der Waals surface area contributed by atoms with E-state index in [9.17, 15) is 0 Å². The molecule has 2 fully saturated rings. The van der Waals surface area contributed by atoms with Crippen molar-refractivity contribution in [3.63, 3.8) is 0 Å². The normalized spacial score (nSPS) is 18.3. The molecule has 4 rings (SSSR count). The van der Waals surface area contributed by atoms with E-state index in [4.69, 9.17) is 14.7 Å². The quantitative estimate of drug-likeness (QED) is 0.804. The molecule has 144 valence electrons. The summed E-state index contributed by atoms with van der Waals surface area (Å²) in [4.78, 5) is 25.2. The Morgan fingerprint density at radius 1 is 0.778 bits per heavy atom. The first kappa shape index (κ1) is 17.9. The van der Waals surface area contributed by atoms with Crippen molar-refractivity contribution < 1.29 is 4.74 Å². The zero-order valence-electron chi connectivity index (χ0n) is 16.1. The zero-order valence-corrected chi connectivity index (χ0v) is 16.1. The van der Waals surface area contributed by atoms with Gasteiger partial charge in [0.25, 0.3) is 0 Å². The van der Waals surface area contributed by atoms with E-state index < -0.39 is 0 Å². The second-order valence-corrected chi connectivity index (χ2v) is 7.22. The Bertz CT molecular complexity index is 755. The SMILES string of the molecule is CC(C)c1nccc(N2CCN(c3ccnc(N4CCOCC4)n3)CC2)n1. The highest BCUT2D eigenvalue weighted by atomic mass is 16.5. The summed E-state index contributed by atoms with van der Waals surface area (Å²) >= 11 is 0. The molecule has 0 aromatic carbocycles. The zero-order chi connectivity index (χ0) is 18.6. The Balaban J connectivity index is 1.41. The van der Waals surface area contributed by atoms with E-state index >= 15 is 0 Å². The largest absolute Gasteiger partial charge is 0.378 e. The predicted octanol–water partition coefficient (Wildman–Crippen LogP) is 1.55. The molecule has 0 atom stereocenters. The maximum Gasteiger partial charge on any atom is 0.227 e. The van der Waals surface area contributed by atoms with Gasteiger partial charge in [0.1, 0.15) is 17.5 Å². The van der Waals surface area contributed by atoms with Crippen LogP contribution in [-0.4, -0.2) is 72.4 Å². The molecular formula is C19H27N7O. The first-order valence-corrected chi connectivity index (χ1v) is 9.69. The van der Waals surface area contributed by atoms with Crippen LogP contribution in [0.5, 0.6) is 0 Å². The second kappa shape index (κ2) is 8.04. The molecule has 4 heterocycles. The number of morpholine rings is 1. The molecule has 2 saturated heterocycles. The van der Waals surface area contributed by atoms with Gasteiger partial charge >= 0.3 is 0 Å². The van der Waals surface area contributed by atoms with Crippen molar-refractivity contribution >= 4 is 17.6 Å². The third-order valence-electron chi connectivity index (χ3n) is 5.03. The Kier molecular flexibility index (Phi) is 5.33.